The van der Waals surface area contributed by atoms with Crippen LogP contribution in [0.2, 0.25) is 0 Å². The number of benzene rings is 3. The Morgan fingerprint density at radius 3 is 2.44 bits per heavy atom. The summed E-state index contributed by atoms with van der Waals surface area (Å²) in [5.74, 6) is 1.34. The van der Waals surface area contributed by atoms with E-state index in [2.05, 4.69) is 36.4 Å². The molecular weight excluding hydrogens is 450 g/mol. The van der Waals surface area contributed by atoms with Crippen molar-refractivity contribution in [1.29, 1.82) is 0 Å². The highest BCUT2D eigenvalue weighted by atomic mass is 16.5. The molecule has 1 aliphatic carbocycles. The number of allylic oxidation sites excluding steroid dienone is 2. The first kappa shape index (κ1) is 23.6. The van der Waals surface area contributed by atoms with Crippen molar-refractivity contribution in [1.82, 2.24) is 4.98 Å². The van der Waals surface area contributed by atoms with Gasteiger partial charge in [-0.05, 0) is 55.7 Å². The van der Waals surface area contributed by atoms with E-state index < -0.39 is 5.97 Å². The second-order valence-electron chi connectivity index (χ2n) is 9.14. The summed E-state index contributed by atoms with van der Waals surface area (Å²) in [6.07, 6.45) is 6.22. The van der Waals surface area contributed by atoms with Crippen molar-refractivity contribution in [3.63, 3.8) is 0 Å². The lowest BCUT2D eigenvalue weighted by Crippen LogP contribution is -2.13. The minimum absolute atomic E-state index is 0.248. The van der Waals surface area contributed by atoms with E-state index in [1.165, 1.54) is 0 Å². The maximum Gasteiger partial charge on any atom is 0.341 e. The van der Waals surface area contributed by atoms with Gasteiger partial charge >= 0.3 is 5.97 Å². The lowest BCUT2D eigenvalue weighted by molar-refractivity contribution is -0.139. The van der Waals surface area contributed by atoms with Gasteiger partial charge in [0, 0.05) is 16.7 Å². The Labute approximate surface area is 211 Å². The third-order valence-electron chi connectivity index (χ3n) is 6.73. The molecule has 5 rings (SSSR count). The van der Waals surface area contributed by atoms with Crippen LogP contribution in [-0.4, -0.2) is 22.7 Å². The molecule has 0 fully saturated rings. The first-order valence-electron chi connectivity index (χ1n) is 12.4. The van der Waals surface area contributed by atoms with Crippen LogP contribution in [-0.2, 0) is 11.2 Å². The fourth-order valence-corrected chi connectivity index (χ4v) is 4.88. The molecule has 1 unspecified atom stereocenters. The van der Waals surface area contributed by atoms with Crippen LogP contribution in [0.4, 0.5) is 0 Å². The molecule has 3 aromatic carbocycles. The van der Waals surface area contributed by atoms with Crippen molar-refractivity contribution in [2.24, 2.45) is 5.92 Å². The number of carboxylic acids is 1. The largest absolute Gasteiger partial charge is 0.482 e. The number of rotatable bonds is 8. The lowest BCUT2D eigenvalue weighted by atomic mass is 9.82. The van der Waals surface area contributed by atoms with Gasteiger partial charge in [0.2, 0.25) is 5.89 Å². The minimum Gasteiger partial charge on any atom is -0.482 e. The average molecular weight is 480 g/mol. The summed E-state index contributed by atoms with van der Waals surface area (Å²) in [6, 6.07) is 26.1. The normalized spacial score (nSPS) is 15.4. The molecular formula is C31H29NO4. The second-order valence-corrected chi connectivity index (χ2v) is 9.14. The molecule has 0 aliphatic heterocycles. The molecule has 1 N–H and O–H groups in total. The third-order valence-corrected chi connectivity index (χ3v) is 6.73. The molecule has 36 heavy (non-hydrogen) atoms. The molecule has 1 aliphatic rings. The van der Waals surface area contributed by atoms with Crippen LogP contribution >= 0.6 is 0 Å². The van der Waals surface area contributed by atoms with Crippen LogP contribution < -0.4 is 4.74 Å². The van der Waals surface area contributed by atoms with E-state index in [9.17, 15) is 4.79 Å². The molecule has 5 heteroatoms. The molecule has 0 saturated carbocycles. The number of aromatic nitrogens is 1. The van der Waals surface area contributed by atoms with E-state index in [4.69, 9.17) is 19.2 Å². The number of aliphatic carboxylic acids is 1. The van der Waals surface area contributed by atoms with Gasteiger partial charge in [-0.3, -0.25) is 0 Å². The Kier molecular flexibility index (Phi) is 6.99. The number of hydrogen-bond donors (Lipinski definition) is 1. The highest BCUT2D eigenvalue weighted by Gasteiger charge is 2.27. The van der Waals surface area contributed by atoms with Crippen molar-refractivity contribution in [3.8, 4) is 28.3 Å². The molecule has 0 radical (unpaired) electrons. The van der Waals surface area contributed by atoms with Gasteiger partial charge in [-0.15, -0.1) is 0 Å². The monoisotopic (exact) mass is 479 g/mol. The third kappa shape index (κ3) is 5.10. The van der Waals surface area contributed by atoms with E-state index in [-0.39, 0.29) is 12.5 Å². The zero-order chi connectivity index (χ0) is 24.9. The predicted octanol–water partition coefficient (Wildman–Crippen LogP) is 7.21. The zero-order valence-electron chi connectivity index (χ0n) is 20.3. The minimum atomic E-state index is -0.982. The predicted molar refractivity (Wildman–Crippen MR) is 141 cm³/mol. The van der Waals surface area contributed by atoms with Crippen LogP contribution in [0.3, 0.4) is 0 Å². The highest BCUT2D eigenvalue weighted by molar-refractivity contribution is 5.79. The summed E-state index contributed by atoms with van der Waals surface area (Å²) in [4.78, 5) is 16.0. The first-order chi connectivity index (χ1) is 17.6. The lowest BCUT2D eigenvalue weighted by Gasteiger charge is -2.23. The second kappa shape index (κ2) is 10.6. The standard InChI is InChI=1S/C31H29NO4/c1-21-24(16-10-18-27(21)35-20-28(33)34)19-25-15-8-9-17-26(25)31-32-29(22-11-4-2-5-12-22)30(36-31)23-13-6-3-7-14-23/h2-7,10-14,16-18,25H,8-9,15,19-20H2,1H3,(H,33,34). The van der Waals surface area contributed by atoms with Crippen molar-refractivity contribution in [2.45, 2.75) is 32.6 Å². The molecule has 0 spiro atoms. The first-order valence-corrected chi connectivity index (χ1v) is 12.4. The average Bonchev–Trinajstić information content (AvgIpc) is 3.36. The number of oxazole rings is 1. The van der Waals surface area contributed by atoms with Crippen molar-refractivity contribution in [2.75, 3.05) is 6.61 Å². The van der Waals surface area contributed by atoms with Gasteiger partial charge in [-0.25, -0.2) is 9.78 Å². The maximum absolute atomic E-state index is 11.0. The topological polar surface area (TPSA) is 72.6 Å². The van der Waals surface area contributed by atoms with Crippen LogP contribution in [0.5, 0.6) is 5.75 Å². The van der Waals surface area contributed by atoms with Gasteiger partial charge < -0.3 is 14.3 Å². The summed E-state index contributed by atoms with van der Waals surface area (Å²) in [6.45, 7) is 1.64. The molecule has 1 atom stereocenters. The Hall–Kier alpha value is -4.12. The fourth-order valence-electron chi connectivity index (χ4n) is 4.88. The molecule has 1 aromatic heterocycles. The molecule has 5 nitrogen and oxygen atoms in total. The van der Waals surface area contributed by atoms with Crippen molar-refractivity contribution in [3.05, 3.63) is 102 Å². The van der Waals surface area contributed by atoms with Crippen LogP contribution in [0.1, 0.15) is 36.3 Å². The number of carboxylic acid groups (broad SMARTS) is 1. The molecule has 0 amide bonds. The molecule has 182 valence electrons. The molecule has 4 aromatic rings. The molecule has 1 heterocycles. The maximum atomic E-state index is 11.0. The highest BCUT2D eigenvalue weighted by Crippen LogP contribution is 2.40. The summed E-state index contributed by atoms with van der Waals surface area (Å²) >= 11 is 0. The van der Waals surface area contributed by atoms with Gasteiger partial charge in [-0.2, -0.15) is 0 Å². The smallest absolute Gasteiger partial charge is 0.341 e. The van der Waals surface area contributed by atoms with E-state index >= 15 is 0 Å². The van der Waals surface area contributed by atoms with Crippen LogP contribution in [0.15, 0.2) is 89.4 Å². The van der Waals surface area contributed by atoms with Gasteiger partial charge in [0.25, 0.3) is 0 Å². The number of ether oxygens (including phenoxy) is 1. The number of hydrogen-bond acceptors (Lipinski definition) is 4. The molecule has 0 bridgehead atoms. The van der Waals surface area contributed by atoms with Crippen LogP contribution in [0.25, 0.3) is 28.2 Å². The number of carbonyl (C=O) groups is 1. The van der Waals surface area contributed by atoms with Gasteiger partial charge in [0.15, 0.2) is 12.4 Å². The summed E-state index contributed by atoms with van der Waals surface area (Å²) < 4.78 is 12.0. The Morgan fingerprint density at radius 2 is 1.72 bits per heavy atom. The van der Waals surface area contributed by atoms with Crippen molar-refractivity contribution >= 4 is 11.5 Å². The van der Waals surface area contributed by atoms with E-state index in [1.807, 2.05) is 55.5 Å². The SMILES string of the molecule is Cc1c(CC2CCCC=C2c2nc(-c3ccccc3)c(-c3ccccc3)o2)cccc1OCC(=O)O. The van der Waals surface area contributed by atoms with Gasteiger partial charge in [-0.1, -0.05) is 78.9 Å². The summed E-state index contributed by atoms with van der Waals surface area (Å²) in [7, 11) is 0. The Bertz CT molecular complexity index is 1320. The molecule has 0 saturated heterocycles. The zero-order valence-corrected chi connectivity index (χ0v) is 20.3. The van der Waals surface area contributed by atoms with Crippen LogP contribution in [0, 0.1) is 12.8 Å². The van der Waals surface area contributed by atoms with Crippen molar-refractivity contribution < 1.29 is 19.1 Å². The Morgan fingerprint density at radius 1 is 1.00 bits per heavy atom. The summed E-state index contributed by atoms with van der Waals surface area (Å²) in [5, 5.41) is 9.00. The quantitative estimate of drug-likeness (QED) is 0.289. The fraction of sp³-hybridized carbons (Fsp3) is 0.226. The van der Waals surface area contributed by atoms with Gasteiger partial charge in [0.1, 0.15) is 11.4 Å². The van der Waals surface area contributed by atoms with E-state index in [1.54, 1.807) is 0 Å². The van der Waals surface area contributed by atoms with Gasteiger partial charge in [0.05, 0.1) is 0 Å². The van der Waals surface area contributed by atoms with E-state index in [0.29, 0.717) is 11.6 Å². The summed E-state index contributed by atoms with van der Waals surface area (Å²) in [5.41, 5.74) is 6.14. The Balaban J connectivity index is 1.49. The van der Waals surface area contributed by atoms with E-state index in [0.717, 1.165) is 65.0 Å². The number of nitrogens with zero attached hydrogens (tertiary/aromatic N) is 1.